The minimum Gasteiger partial charge on any atom is -0.455 e. The minimum absolute atomic E-state index is 0.00461. The standard InChI is InChI=1S/C20H28I2O4/c1-6-7-8-18(21)20(19(22)12-9-15(2)23)26-17(13-14-24-4)11-10-16(3)25-5/h8-13,16H,6-7,14H2,1-5H3/b11-10-,12-9+,17-13+,18-8+,20-19-. The first kappa shape index (κ1) is 25.6. The summed E-state index contributed by atoms with van der Waals surface area (Å²) in [4.78, 5) is 11.3. The Balaban J connectivity index is 5.79. The number of hydrogen-bond acceptors (Lipinski definition) is 4. The summed E-state index contributed by atoms with van der Waals surface area (Å²) in [6.45, 7) is 6.04. The van der Waals surface area contributed by atoms with Gasteiger partial charge in [0.2, 0.25) is 0 Å². The Kier molecular flexibility index (Phi) is 15.3. The molecule has 0 heterocycles. The molecule has 0 aromatic heterocycles. The van der Waals surface area contributed by atoms with E-state index in [1.807, 2.05) is 25.2 Å². The Morgan fingerprint density at radius 3 is 2.35 bits per heavy atom. The van der Waals surface area contributed by atoms with Gasteiger partial charge in [-0.25, -0.2) is 0 Å². The zero-order chi connectivity index (χ0) is 19.9. The van der Waals surface area contributed by atoms with Crippen molar-refractivity contribution in [1.29, 1.82) is 0 Å². The third-order valence-corrected chi connectivity index (χ3v) is 4.86. The predicted molar refractivity (Wildman–Crippen MR) is 125 cm³/mol. The van der Waals surface area contributed by atoms with Gasteiger partial charge in [0.1, 0.15) is 5.76 Å². The van der Waals surface area contributed by atoms with E-state index < -0.39 is 0 Å². The van der Waals surface area contributed by atoms with Crippen LogP contribution in [0.1, 0.15) is 33.6 Å². The second-order valence-electron chi connectivity index (χ2n) is 5.43. The van der Waals surface area contributed by atoms with Crippen LogP contribution in [0, 0.1) is 0 Å². The number of carbonyl (C=O) groups is 1. The molecule has 0 N–H and O–H groups in total. The molecular weight excluding hydrogens is 558 g/mol. The molecule has 0 radical (unpaired) electrons. The Morgan fingerprint density at radius 2 is 1.81 bits per heavy atom. The highest BCUT2D eigenvalue weighted by atomic mass is 127. The molecule has 0 amide bonds. The maximum absolute atomic E-state index is 11.3. The molecule has 0 aromatic carbocycles. The fraction of sp³-hybridized carbons (Fsp3) is 0.450. The molecule has 6 heteroatoms. The largest absolute Gasteiger partial charge is 0.455 e. The highest BCUT2D eigenvalue weighted by Gasteiger charge is 2.11. The molecule has 4 nitrogen and oxygen atoms in total. The molecule has 0 saturated carbocycles. The van der Waals surface area contributed by atoms with Crippen LogP contribution in [0.3, 0.4) is 0 Å². The number of unbranched alkanes of at least 4 members (excludes halogenated alkanes) is 1. The van der Waals surface area contributed by atoms with Gasteiger partial charge in [-0.3, -0.25) is 4.79 Å². The maximum atomic E-state index is 11.3. The van der Waals surface area contributed by atoms with Crippen LogP contribution >= 0.6 is 45.2 Å². The fourth-order valence-corrected chi connectivity index (χ4v) is 3.39. The summed E-state index contributed by atoms with van der Waals surface area (Å²) in [5.74, 6) is 1.37. The lowest BCUT2D eigenvalue weighted by atomic mass is 10.2. The first-order valence-corrected chi connectivity index (χ1v) is 10.5. The van der Waals surface area contributed by atoms with E-state index in [1.165, 1.54) is 13.0 Å². The van der Waals surface area contributed by atoms with Crippen molar-refractivity contribution in [2.75, 3.05) is 20.8 Å². The molecule has 0 aliphatic heterocycles. The molecule has 0 aromatic rings. The van der Waals surface area contributed by atoms with E-state index >= 15 is 0 Å². The normalized spacial score (nSPS) is 15.5. The van der Waals surface area contributed by atoms with Crippen LogP contribution in [0.2, 0.25) is 0 Å². The summed E-state index contributed by atoms with van der Waals surface area (Å²) in [6.07, 6.45) is 13.1. The number of rotatable bonds is 12. The Morgan fingerprint density at radius 1 is 1.12 bits per heavy atom. The van der Waals surface area contributed by atoms with Crippen molar-refractivity contribution in [3.8, 4) is 0 Å². The molecule has 0 rings (SSSR count). The minimum atomic E-state index is -0.0247. The number of carbonyl (C=O) groups excluding carboxylic acids is 1. The highest BCUT2D eigenvalue weighted by Crippen LogP contribution is 2.30. The first-order valence-electron chi connectivity index (χ1n) is 8.38. The molecule has 26 heavy (non-hydrogen) atoms. The van der Waals surface area contributed by atoms with Gasteiger partial charge >= 0.3 is 0 Å². The fourth-order valence-electron chi connectivity index (χ4n) is 1.58. The van der Waals surface area contributed by atoms with E-state index in [0.29, 0.717) is 18.1 Å². The molecule has 0 aliphatic carbocycles. The van der Waals surface area contributed by atoms with E-state index in [2.05, 4.69) is 58.2 Å². The Bertz CT molecular complexity index is 587. The molecule has 0 saturated heterocycles. The molecule has 0 aliphatic rings. The number of ketones is 1. The highest BCUT2D eigenvalue weighted by molar-refractivity contribution is 14.1. The third kappa shape index (κ3) is 12.0. The van der Waals surface area contributed by atoms with Crippen LogP contribution in [-0.4, -0.2) is 32.7 Å². The topological polar surface area (TPSA) is 44.8 Å². The van der Waals surface area contributed by atoms with Crippen LogP contribution < -0.4 is 0 Å². The summed E-state index contributed by atoms with van der Waals surface area (Å²) < 4.78 is 18.4. The van der Waals surface area contributed by atoms with E-state index in [1.54, 1.807) is 20.3 Å². The molecule has 0 spiro atoms. The predicted octanol–water partition coefficient (Wildman–Crippen LogP) is 6.04. The summed E-state index contributed by atoms with van der Waals surface area (Å²) in [6, 6.07) is 0. The summed E-state index contributed by atoms with van der Waals surface area (Å²) in [5.41, 5.74) is 0. The van der Waals surface area contributed by atoms with Crippen molar-refractivity contribution >= 4 is 51.0 Å². The van der Waals surface area contributed by atoms with Gasteiger partial charge in [-0.15, -0.1) is 0 Å². The monoisotopic (exact) mass is 586 g/mol. The number of hydrogen-bond donors (Lipinski definition) is 0. The molecule has 1 unspecified atom stereocenters. The summed E-state index contributed by atoms with van der Waals surface area (Å²) in [5, 5.41) is 0. The number of methoxy groups -OCH3 is 2. The molecule has 0 fully saturated rings. The molecule has 0 bridgehead atoms. The SMILES string of the molecule is CCC\C=C(I)/C(OC(/C=C\C(C)OC)=C/COC)=C(I)\C=C\C(C)=O. The lowest BCUT2D eigenvalue weighted by molar-refractivity contribution is -0.112. The lowest BCUT2D eigenvalue weighted by Gasteiger charge is -2.13. The van der Waals surface area contributed by atoms with Gasteiger partial charge in [0, 0.05) is 14.2 Å². The van der Waals surface area contributed by atoms with Crippen molar-refractivity contribution in [3.63, 3.8) is 0 Å². The van der Waals surface area contributed by atoms with Crippen LogP contribution in [0.4, 0.5) is 0 Å². The van der Waals surface area contributed by atoms with Gasteiger partial charge in [-0.05, 0) is 89.8 Å². The van der Waals surface area contributed by atoms with Crippen molar-refractivity contribution < 1.29 is 19.0 Å². The van der Waals surface area contributed by atoms with E-state index in [4.69, 9.17) is 14.2 Å². The Hall–Kier alpha value is -0.450. The van der Waals surface area contributed by atoms with Gasteiger partial charge in [-0.2, -0.15) is 0 Å². The van der Waals surface area contributed by atoms with Gasteiger partial charge in [0.05, 0.1) is 19.9 Å². The van der Waals surface area contributed by atoms with Crippen LogP contribution in [0.25, 0.3) is 0 Å². The van der Waals surface area contributed by atoms with Crippen LogP contribution in [0.15, 0.2) is 55.1 Å². The van der Waals surface area contributed by atoms with Crippen molar-refractivity contribution in [2.45, 2.75) is 39.7 Å². The van der Waals surface area contributed by atoms with Gasteiger partial charge < -0.3 is 14.2 Å². The maximum Gasteiger partial charge on any atom is 0.153 e. The molecular formula is C20H28I2O4. The van der Waals surface area contributed by atoms with Crippen molar-refractivity contribution in [2.24, 2.45) is 0 Å². The second-order valence-corrected chi connectivity index (χ2v) is 7.75. The van der Waals surface area contributed by atoms with Gasteiger partial charge in [0.15, 0.2) is 11.5 Å². The van der Waals surface area contributed by atoms with E-state index in [9.17, 15) is 4.79 Å². The van der Waals surface area contributed by atoms with E-state index in [0.717, 1.165) is 20.0 Å². The van der Waals surface area contributed by atoms with Crippen LogP contribution in [0.5, 0.6) is 0 Å². The molecule has 1 atom stereocenters. The average molecular weight is 586 g/mol. The van der Waals surface area contributed by atoms with Crippen molar-refractivity contribution in [1.82, 2.24) is 0 Å². The smallest absolute Gasteiger partial charge is 0.153 e. The quantitative estimate of drug-likeness (QED) is 0.121. The second kappa shape index (κ2) is 15.6. The third-order valence-electron chi connectivity index (χ3n) is 3.08. The van der Waals surface area contributed by atoms with Crippen molar-refractivity contribution in [3.05, 3.63) is 55.1 Å². The average Bonchev–Trinajstić information content (AvgIpc) is 2.62. The van der Waals surface area contributed by atoms with Gasteiger partial charge in [-0.1, -0.05) is 25.5 Å². The van der Waals surface area contributed by atoms with Gasteiger partial charge in [0.25, 0.3) is 0 Å². The Labute approximate surface area is 184 Å². The summed E-state index contributed by atoms with van der Waals surface area (Å²) in [7, 11) is 3.29. The zero-order valence-corrected chi connectivity index (χ0v) is 20.4. The summed E-state index contributed by atoms with van der Waals surface area (Å²) >= 11 is 4.45. The lowest BCUT2D eigenvalue weighted by Crippen LogP contribution is -2.01. The van der Waals surface area contributed by atoms with E-state index in [-0.39, 0.29) is 11.9 Å². The number of ether oxygens (including phenoxy) is 3. The van der Waals surface area contributed by atoms with Crippen LogP contribution in [-0.2, 0) is 19.0 Å². The number of allylic oxidation sites excluding steroid dienone is 6. The molecule has 146 valence electrons. The number of halogens is 2. The zero-order valence-electron chi connectivity index (χ0n) is 16.1. The first-order chi connectivity index (χ1) is 12.3.